The Bertz CT molecular complexity index is 368. The van der Waals surface area contributed by atoms with Crippen molar-refractivity contribution in [2.75, 3.05) is 18.5 Å². The van der Waals surface area contributed by atoms with Crippen LogP contribution in [0.5, 0.6) is 0 Å². The third kappa shape index (κ3) is 11.2. The van der Waals surface area contributed by atoms with Gasteiger partial charge in [-0.05, 0) is 58.4 Å². The van der Waals surface area contributed by atoms with Crippen molar-refractivity contribution in [3.05, 3.63) is 11.8 Å². The molecule has 0 aromatic heterocycles. The molecule has 0 saturated carbocycles. The van der Waals surface area contributed by atoms with Crippen LogP contribution in [-0.4, -0.2) is 36.7 Å². The first-order valence-corrected chi connectivity index (χ1v) is 10.5. The van der Waals surface area contributed by atoms with Crippen LogP contribution < -0.4 is 5.32 Å². The number of carbonyl (C=O) groups is 1. The quantitative estimate of drug-likeness (QED) is 0.274. The summed E-state index contributed by atoms with van der Waals surface area (Å²) in [4.78, 5) is 11.1. The van der Waals surface area contributed by atoms with Crippen LogP contribution in [0.2, 0.25) is 0 Å². The monoisotopic (exact) mass is 403 g/mol. The SMILES string of the molecule is CC(=O)/C=C(\C)N[C@@H](CCBr)CCCCCCOC1CCCCO1. The van der Waals surface area contributed by atoms with Gasteiger partial charge in [-0.25, -0.2) is 0 Å². The van der Waals surface area contributed by atoms with Crippen molar-refractivity contribution >= 4 is 21.7 Å². The number of ketones is 1. The van der Waals surface area contributed by atoms with Crippen molar-refractivity contribution in [3.8, 4) is 0 Å². The highest BCUT2D eigenvalue weighted by atomic mass is 79.9. The van der Waals surface area contributed by atoms with E-state index in [4.69, 9.17) is 9.47 Å². The van der Waals surface area contributed by atoms with Gasteiger partial charge in [-0.15, -0.1) is 0 Å². The topological polar surface area (TPSA) is 47.6 Å². The molecule has 0 aromatic rings. The summed E-state index contributed by atoms with van der Waals surface area (Å²) in [5, 5.41) is 4.44. The van der Waals surface area contributed by atoms with E-state index in [0.29, 0.717) is 6.04 Å². The fourth-order valence-corrected chi connectivity index (χ4v) is 3.55. The lowest BCUT2D eigenvalue weighted by Gasteiger charge is -2.22. The molecule has 0 amide bonds. The Balaban J connectivity index is 2.06. The van der Waals surface area contributed by atoms with E-state index in [1.807, 2.05) is 6.92 Å². The molecule has 24 heavy (non-hydrogen) atoms. The van der Waals surface area contributed by atoms with Crippen LogP contribution in [0, 0.1) is 0 Å². The molecular formula is C19H34BrNO3. The number of unbranched alkanes of at least 4 members (excludes halogenated alkanes) is 3. The maximum Gasteiger partial charge on any atom is 0.157 e. The highest BCUT2D eigenvalue weighted by molar-refractivity contribution is 9.09. The number of carbonyl (C=O) groups excluding carboxylic acids is 1. The lowest BCUT2D eigenvalue weighted by molar-refractivity contribution is -0.162. The highest BCUT2D eigenvalue weighted by Gasteiger charge is 2.13. The van der Waals surface area contributed by atoms with Crippen LogP contribution in [0.3, 0.4) is 0 Å². The number of nitrogens with one attached hydrogen (secondary N) is 1. The summed E-state index contributed by atoms with van der Waals surface area (Å²) in [6.07, 6.45) is 12.1. The van der Waals surface area contributed by atoms with Gasteiger partial charge < -0.3 is 14.8 Å². The molecule has 0 spiro atoms. The Morgan fingerprint density at radius 2 is 2.04 bits per heavy atom. The fraction of sp³-hybridized carbons (Fsp3) is 0.842. The van der Waals surface area contributed by atoms with Crippen LogP contribution in [0.15, 0.2) is 11.8 Å². The Labute approximate surface area is 155 Å². The molecule has 0 radical (unpaired) electrons. The van der Waals surface area contributed by atoms with Gasteiger partial charge in [-0.2, -0.15) is 0 Å². The molecule has 1 heterocycles. The Morgan fingerprint density at radius 3 is 2.71 bits per heavy atom. The van der Waals surface area contributed by atoms with Crippen molar-refractivity contribution < 1.29 is 14.3 Å². The summed E-state index contributed by atoms with van der Waals surface area (Å²) in [7, 11) is 0. The normalized spacial score (nSPS) is 20.0. The first-order chi connectivity index (χ1) is 11.6. The summed E-state index contributed by atoms with van der Waals surface area (Å²) in [5.74, 6) is 0.0968. The zero-order valence-corrected chi connectivity index (χ0v) is 16.9. The molecule has 5 heteroatoms. The van der Waals surface area contributed by atoms with Gasteiger partial charge in [0, 0.05) is 30.3 Å². The average molecular weight is 404 g/mol. The summed E-state index contributed by atoms with van der Waals surface area (Å²) in [6.45, 7) is 5.22. The van der Waals surface area contributed by atoms with Crippen LogP contribution in [0.25, 0.3) is 0 Å². The van der Waals surface area contributed by atoms with E-state index < -0.39 is 0 Å². The number of alkyl halides is 1. The second-order valence-corrected chi connectivity index (χ2v) is 7.42. The van der Waals surface area contributed by atoms with Gasteiger partial charge in [0.05, 0.1) is 0 Å². The molecule has 1 fully saturated rings. The van der Waals surface area contributed by atoms with E-state index in [2.05, 4.69) is 21.2 Å². The number of halogens is 1. The van der Waals surface area contributed by atoms with Gasteiger partial charge in [0.2, 0.25) is 0 Å². The summed E-state index contributed by atoms with van der Waals surface area (Å²) in [5.41, 5.74) is 0.967. The predicted molar refractivity (Wildman–Crippen MR) is 102 cm³/mol. The molecule has 0 bridgehead atoms. The molecule has 1 aliphatic rings. The fourth-order valence-electron chi connectivity index (χ4n) is 2.99. The first-order valence-electron chi connectivity index (χ1n) is 9.36. The molecule has 1 unspecified atom stereocenters. The largest absolute Gasteiger partial charge is 0.386 e. The minimum atomic E-state index is 0.0438. The number of allylic oxidation sites excluding steroid dienone is 2. The average Bonchev–Trinajstić information content (AvgIpc) is 2.54. The van der Waals surface area contributed by atoms with E-state index in [1.54, 1.807) is 13.0 Å². The maximum atomic E-state index is 11.1. The first kappa shape index (κ1) is 21.7. The molecule has 1 N–H and O–H groups in total. The van der Waals surface area contributed by atoms with Gasteiger partial charge in [0.1, 0.15) is 0 Å². The molecule has 0 aliphatic carbocycles. The highest BCUT2D eigenvalue weighted by Crippen LogP contribution is 2.15. The minimum Gasteiger partial charge on any atom is -0.386 e. The van der Waals surface area contributed by atoms with Gasteiger partial charge in [0.15, 0.2) is 12.1 Å². The standard InChI is InChI=1S/C19H34BrNO3/c1-16(15-17(2)22)21-18(11-12-20)9-5-3-4-7-13-23-19-10-6-8-14-24-19/h15,18-19,21H,3-14H2,1-2H3/b16-15+/t18-,19?/m1/s1. The van der Waals surface area contributed by atoms with Crippen LogP contribution in [0.1, 0.15) is 71.6 Å². The van der Waals surface area contributed by atoms with Crippen LogP contribution >= 0.6 is 15.9 Å². The molecule has 1 rings (SSSR count). The second kappa shape index (κ2) is 13.9. The maximum absolute atomic E-state index is 11.1. The Hall–Kier alpha value is -0.390. The number of rotatable bonds is 13. The van der Waals surface area contributed by atoms with Crippen molar-refractivity contribution in [1.29, 1.82) is 0 Å². The molecular weight excluding hydrogens is 370 g/mol. The Morgan fingerprint density at radius 1 is 1.25 bits per heavy atom. The van der Waals surface area contributed by atoms with Gasteiger partial charge in [-0.3, -0.25) is 4.79 Å². The lowest BCUT2D eigenvalue weighted by Crippen LogP contribution is -2.28. The van der Waals surface area contributed by atoms with Crippen LogP contribution in [0.4, 0.5) is 0 Å². The molecule has 0 aromatic carbocycles. The van der Waals surface area contributed by atoms with Gasteiger partial charge >= 0.3 is 0 Å². The Kier molecular flexibility index (Phi) is 12.5. The van der Waals surface area contributed by atoms with Crippen molar-refractivity contribution in [2.24, 2.45) is 0 Å². The third-order valence-electron chi connectivity index (χ3n) is 4.20. The van der Waals surface area contributed by atoms with E-state index in [1.165, 1.54) is 32.1 Å². The van der Waals surface area contributed by atoms with Gasteiger partial charge in [0.25, 0.3) is 0 Å². The number of hydrogen-bond donors (Lipinski definition) is 1. The predicted octanol–water partition coefficient (Wildman–Crippen LogP) is 4.72. The molecule has 1 saturated heterocycles. The molecule has 140 valence electrons. The van der Waals surface area contributed by atoms with Gasteiger partial charge in [-0.1, -0.05) is 35.2 Å². The lowest BCUT2D eigenvalue weighted by atomic mass is 10.0. The zero-order valence-electron chi connectivity index (χ0n) is 15.3. The van der Waals surface area contributed by atoms with E-state index >= 15 is 0 Å². The summed E-state index contributed by atoms with van der Waals surface area (Å²) < 4.78 is 11.3. The smallest absolute Gasteiger partial charge is 0.157 e. The molecule has 4 nitrogen and oxygen atoms in total. The van der Waals surface area contributed by atoms with Crippen molar-refractivity contribution in [2.45, 2.75) is 84.0 Å². The second-order valence-electron chi connectivity index (χ2n) is 6.63. The van der Waals surface area contributed by atoms with E-state index in [-0.39, 0.29) is 12.1 Å². The zero-order chi connectivity index (χ0) is 17.6. The third-order valence-corrected chi connectivity index (χ3v) is 4.66. The van der Waals surface area contributed by atoms with Crippen LogP contribution in [-0.2, 0) is 14.3 Å². The van der Waals surface area contributed by atoms with Crippen molar-refractivity contribution in [1.82, 2.24) is 5.32 Å². The minimum absolute atomic E-state index is 0.0438. The van der Waals surface area contributed by atoms with E-state index in [0.717, 1.165) is 49.9 Å². The summed E-state index contributed by atoms with van der Waals surface area (Å²) >= 11 is 3.52. The summed E-state index contributed by atoms with van der Waals surface area (Å²) in [6, 6.07) is 0.437. The molecule has 2 atom stereocenters. The van der Waals surface area contributed by atoms with E-state index in [9.17, 15) is 4.79 Å². The number of ether oxygens (including phenoxy) is 2. The van der Waals surface area contributed by atoms with Crippen molar-refractivity contribution in [3.63, 3.8) is 0 Å². The number of hydrogen-bond acceptors (Lipinski definition) is 4. The molecule has 1 aliphatic heterocycles.